The summed E-state index contributed by atoms with van der Waals surface area (Å²) in [6.45, 7) is 2.38. The number of nitriles is 1. The van der Waals surface area contributed by atoms with Gasteiger partial charge in [0.25, 0.3) is 0 Å². The van der Waals surface area contributed by atoms with Crippen LogP contribution in [-0.2, 0) is 10.0 Å². The van der Waals surface area contributed by atoms with Crippen LogP contribution in [0.15, 0.2) is 0 Å². The lowest BCUT2D eigenvalue weighted by atomic mass is 9.86. The molecule has 0 aromatic heterocycles. The molecule has 1 saturated heterocycles. The van der Waals surface area contributed by atoms with Gasteiger partial charge in [-0.2, -0.15) is 9.57 Å². The molecule has 2 aliphatic rings. The van der Waals surface area contributed by atoms with Crippen LogP contribution in [-0.4, -0.2) is 30.6 Å². The lowest BCUT2D eigenvalue weighted by molar-refractivity contribution is 0.259. The second-order valence-electron chi connectivity index (χ2n) is 5.08. The topological polar surface area (TPSA) is 61.2 Å². The molecular formula is C12H20N2O2S. The first kappa shape index (κ1) is 12.8. The number of fused-ring (bicyclic) bond motifs is 1. The highest BCUT2D eigenvalue weighted by Crippen LogP contribution is 2.38. The van der Waals surface area contributed by atoms with E-state index >= 15 is 0 Å². The van der Waals surface area contributed by atoms with Gasteiger partial charge in [0.2, 0.25) is 10.0 Å². The van der Waals surface area contributed by atoms with Gasteiger partial charge in [0.05, 0.1) is 6.07 Å². The number of hydrogen-bond acceptors (Lipinski definition) is 3. The standard InChI is InChI=1S/C12H20N2O2S/c1-2-11(9-13)17(15,16)14-8-7-10-5-3-4-6-12(10)14/h10-12H,2-8H2,1H3. The predicted molar refractivity (Wildman–Crippen MR) is 65.7 cm³/mol. The zero-order chi connectivity index (χ0) is 12.5. The average Bonchev–Trinajstić information content (AvgIpc) is 2.74. The van der Waals surface area contributed by atoms with Crippen molar-refractivity contribution in [3.63, 3.8) is 0 Å². The largest absolute Gasteiger partial charge is 0.230 e. The number of sulfonamides is 1. The van der Waals surface area contributed by atoms with Crippen molar-refractivity contribution in [2.45, 2.75) is 56.7 Å². The van der Waals surface area contributed by atoms with Gasteiger partial charge in [-0.15, -0.1) is 0 Å². The van der Waals surface area contributed by atoms with Crippen LogP contribution in [0, 0.1) is 17.2 Å². The van der Waals surface area contributed by atoms with E-state index in [0.29, 0.717) is 18.9 Å². The van der Waals surface area contributed by atoms with E-state index in [1.54, 1.807) is 11.2 Å². The molecule has 3 atom stereocenters. The molecule has 0 N–H and O–H groups in total. The third-order valence-corrected chi connectivity index (χ3v) is 6.43. The van der Waals surface area contributed by atoms with Gasteiger partial charge in [-0.1, -0.05) is 19.8 Å². The Bertz CT molecular complexity index is 413. The highest BCUT2D eigenvalue weighted by Gasteiger charge is 2.44. The van der Waals surface area contributed by atoms with E-state index in [1.807, 2.05) is 6.07 Å². The molecule has 1 aliphatic heterocycles. The minimum Gasteiger partial charge on any atom is -0.211 e. The number of rotatable bonds is 3. The Balaban J connectivity index is 2.20. The average molecular weight is 256 g/mol. The molecule has 2 fully saturated rings. The number of hydrogen-bond donors (Lipinski definition) is 0. The Morgan fingerprint density at radius 3 is 2.71 bits per heavy atom. The van der Waals surface area contributed by atoms with Crippen LogP contribution >= 0.6 is 0 Å². The first-order chi connectivity index (χ1) is 8.11. The molecule has 5 heteroatoms. The Morgan fingerprint density at radius 1 is 1.35 bits per heavy atom. The lowest BCUT2D eigenvalue weighted by Gasteiger charge is -2.31. The minimum atomic E-state index is -3.40. The van der Waals surface area contributed by atoms with Crippen LogP contribution in [0.2, 0.25) is 0 Å². The fourth-order valence-electron chi connectivity index (χ4n) is 3.21. The Hall–Kier alpha value is -0.600. The van der Waals surface area contributed by atoms with E-state index in [9.17, 15) is 8.42 Å². The highest BCUT2D eigenvalue weighted by molar-refractivity contribution is 7.90. The molecule has 0 bridgehead atoms. The number of nitrogens with zero attached hydrogens (tertiary/aromatic N) is 2. The van der Waals surface area contributed by atoms with Gasteiger partial charge < -0.3 is 0 Å². The summed E-state index contributed by atoms with van der Waals surface area (Å²) < 4.78 is 26.3. The summed E-state index contributed by atoms with van der Waals surface area (Å²) >= 11 is 0. The Morgan fingerprint density at radius 2 is 2.06 bits per heavy atom. The van der Waals surface area contributed by atoms with Gasteiger partial charge in [0.1, 0.15) is 0 Å². The molecule has 4 nitrogen and oxygen atoms in total. The highest BCUT2D eigenvalue weighted by atomic mass is 32.2. The molecule has 0 spiro atoms. The molecule has 0 amide bonds. The normalized spacial score (nSPS) is 31.8. The minimum absolute atomic E-state index is 0.177. The van der Waals surface area contributed by atoms with Crippen LogP contribution in [0.25, 0.3) is 0 Å². The van der Waals surface area contributed by atoms with E-state index in [0.717, 1.165) is 25.7 Å². The smallest absolute Gasteiger partial charge is 0.211 e. The van der Waals surface area contributed by atoms with Crippen LogP contribution in [0.5, 0.6) is 0 Å². The van der Waals surface area contributed by atoms with Crippen LogP contribution in [0.3, 0.4) is 0 Å². The van der Waals surface area contributed by atoms with Crippen molar-refractivity contribution in [1.82, 2.24) is 4.31 Å². The van der Waals surface area contributed by atoms with E-state index in [-0.39, 0.29) is 6.04 Å². The predicted octanol–water partition coefficient (Wildman–Crippen LogP) is 1.88. The summed E-state index contributed by atoms with van der Waals surface area (Å²) in [5.74, 6) is 0.537. The molecule has 1 heterocycles. The van der Waals surface area contributed by atoms with Gasteiger partial charge in [0.15, 0.2) is 5.25 Å². The fourth-order valence-corrected chi connectivity index (χ4v) is 5.11. The summed E-state index contributed by atoms with van der Waals surface area (Å²) in [5, 5.41) is 8.10. The van der Waals surface area contributed by atoms with E-state index in [2.05, 4.69) is 0 Å². The first-order valence-corrected chi connectivity index (χ1v) is 8.01. The lowest BCUT2D eigenvalue weighted by Crippen LogP contribution is -2.43. The molecule has 0 aromatic rings. The molecule has 17 heavy (non-hydrogen) atoms. The molecule has 96 valence electrons. The molecular weight excluding hydrogens is 236 g/mol. The third kappa shape index (κ3) is 2.21. The molecule has 1 aliphatic carbocycles. The zero-order valence-electron chi connectivity index (χ0n) is 10.3. The van der Waals surface area contributed by atoms with Crippen molar-refractivity contribution in [3.8, 4) is 6.07 Å². The summed E-state index contributed by atoms with van der Waals surface area (Å²) in [4.78, 5) is 0. The van der Waals surface area contributed by atoms with Crippen LogP contribution < -0.4 is 0 Å². The summed E-state index contributed by atoms with van der Waals surface area (Å²) in [6.07, 6.45) is 5.84. The van der Waals surface area contributed by atoms with Crippen LogP contribution in [0.4, 0.5) is 0 Å². The van der Waals surface area contributed by atoms with Gasteiger partial charge in [0, 0.05) is 12.6 Å². The summed E-state index contributed by atoms with van der Waals surface area (Å²) in [6, 6.07) is 2.11. The molecule has 2 rings (SSSR count). The van der Waals surface area contributed by atoms with Gasteiger partial charge in [-0.3, -0.25) is 0 Å². The van der Waals surface area contributed by atoms with Gasteiger partial charge >= 0.3 is 0 Å². The van der Waals surface area contributed by atoms with Crippen molar-refractivity contribution in [2.75, 3.05) is 6.54 Å². The molecule has 1 saturated carbocycles. The van der Waals surface area contributed by atoms with Crippen LogP contribution in [0.1, 0.15) is 45.4 Å². The third-order valence-electron chi connectivity index (χ3n) is 4.16. The van der Waals surface area contributed by atoms with Crippen molar-refractivity contribution in [2.24, 2.45) is 5.92 Å². The Labute approximate surface area is 104 Å². The maximum Gasteiger partial charge on any atom is 0.230 e. The molecule has 0 aromatic carbocycles. The Kier molecular flexibility index (Phi) is 3.74. The second-order valence-corrected chi connectivity index (χ2v) is 7.15. The van der Waals surface area contributed by atoms with E-state index in [4.69, 9.17) is 5.26 Å². The molecule has 3 unspecified atom stereocenters. The maximum absolute atomic E-state index is 12.4. The van der Waals surface area contributed by atoms with E-state index in [1.165, 1.54) is 6.42 Å². The summed E-state index contributed by atoms with van der Waals surface area (Å²) in [7, 11) is -3.40. The van der Waals surface area contributed by atoms with Crippen molar-refractivity contribution in [3.05, 3.63) is 0 Å². The molecule has 0 radical (unpaired) electrons. The van der Waals surface area contributed by atoms with Gasteiger partial charge in [-0.05, 0) is 31.6 Å². The van der Waals surface area contributed by atoms with E-state index < -0.39 is 15.3 Å². The first-order valence-electron chi connectivity index (χ1n) is 6.51. The van der Waals surface area contributed by atoms with Crippen molar-refractivity contribution >= 4 is 10.0 Å². The quantitative estimate of drug-likeness (QED) is 0.774. The zero-order valence-corrected chi connectivity index (χ0v) is 11.1. The second kappa shape index (κ2) is 4.95. The van der Waals surface area contributed by atoms with Crippen molar-refractivity contribution in [1.29, 1.82) is 5.26 Å². The monoisotopic (exact) mass is 256 g/mol. The maximum atomic E-state index is 12.4. The van der Waals surface area contributed by atoms with Crippen molar-refractivity contribution < 1.29 is 8.42 Å². The SMILES string of the molecule is CCC(C#N)S(=O)(=O)N1CCC2CCCCC21. The van der Waals surface area contributed by atoms with Gasteiger partial charge in [-0.25, -0.2) is 8.42 Å². The fraction of sp³-hybridized carbons (Fsp3) is 0.917. The summed E-state index contributed by atoms with van der Waals surface area (Å²) in [5.41, 5.74) is 0.